The Morgan fingerprint density at radius 2 is 1.43 bits per heavy atom. The van der Waals surface area contributed by atoms with Gasteiger partial charge >= 0.3 is 274 Å². The number of fused-ring (bicyclic) bond motifs is 4. The van der Waals surface area contributed by atoms with Crippen LogP contribution in [-0.2, 0) is 17.7 Å². The molecule has 1 aliphatic heterocycles. The first-order valence-electron chi connectivity index (χ1n) is 15.9. The molecule has 0 amide bonds. The van der Waals surface area contributed by atoms with Gasteiger partial charge in [-0.15, -0.1) is 0 Å². The molecule has 1 heterocycles. The van der Waals surface area contributed by atoms with Crippen LogP contribution in [0.4, 0.5) is 0 Å². The van der Waals surface area contributed by atoms with Gasteiger partial charge in [0.15, 0.2) is 0 Å². The van der Waals surface area contributed by atoms with Crippen molar-refractivity contribution in [2.24, 2.45) is 0 Å². The van der Waals surface area contributed by atoms with Crippen molar-refractivity contribution in [1.82, 2.24) is 4.90 Å². The molecule has 1 unspecified atom stereocenters. The third-order valence-electron chi connectivity index (χ3n) is 10.4. The Hall–Kier alpha value is -2.11. The van der Waals surface area contributed by atoms with Crippen LogP contribution in [0.1, 0.15) is 67.5 Å². The maximum absolute atomic E-state index is 8.07. The number of aryl methyl sites for hydroxylation is 1. The van der Waals surface area contributed by atoms with Crippen LogP contribution in [0.25, 0.3) is 26.1 Å². The van der Waals surface area contributed by atoms with E-state index in [-0.39, 0.29) is 11.5 Å². The number of hydrogen-bond acceptors (Lipinski definition) is 2. The summed E-state index contributed by atoms with van der Waals surface area (Å²) in [4.78, 5) is 2.61. The fourth-order valence-electron chi connectivity index (χ4n) is 7.99. The van der Waals surface area contributed by atoms with E-state index in [0.29, 0.717) is 0 Å². The number of hydrogen-bond donors (Lipinski definition) is 0. The molecule has 0 spiro atoms. The molecule has 0 aromatic heterocycles. The fraction of sp³-hybridized carbons (Fsp3) is 0.316. The van der Waals surface area contributed by atoms with Gasteiger partial charge in [0.25, 0.3) is 0 Å². The Morgan fingerprint density at radius 3 is 2.16 bits per heavy atom. The van der Waals surface area contributed by atoms with Crippen molar-refractivity contribution in [2.75, 3.05) is 13.1 Å². The molecule has 6 heteroatoms. The van der Waals surface area contributed by atoms with Gasteiger partial charge in [-0.3, -0.25) is 0 Å². The van der Waals surface area contributed by atoms with E-state index < -0.39 is 18.5 Å². The Kier molecular flexibility index (Phi) is 7.44. The Balaban J connectivity index is 1.39. The van der Waals surface area contributed by atoms with Crippen LogP contribution in [0.15, 0.2) is 90.5 Å². The predicted molar refractivity (Wildman–Crippen MR) is 187 cm³/mol. The Morgan fingerprint density at radius 1 is 0.773 bits per heavy atom. The summed E-state index contributed by atoms with van der Waals surface area (Å²) >= 11 is -4.87. The molecule has 1 atom stereocenters. The van der Waals surface area contributed by atoms with Gasteiger partial charge in [0, 0.05) is 0 Å². The molecule has 3 aliphatic rings. The zero-order valence-corrected chi connectivity index (χ0v) is 30.7. The minimum absolute atomic E-state index is 0.0854. The van der Waals surface area contributed by atoms with Crippen LogP contribution < -0.4 is 3.32 Å². The second-order valence-electron chi connectivity index (χ2n) is 13.8. The van der Waals surface area contributed by atoms with Crippen molar-refractivity contribution in [2.45, 2.75) is 65.1 Å². The normalized spacial score (nSPS) is 19.2. The van der Waals surface area contributed by atoms with E-state index in [4.69, 9.17) is 21.9 Å². The van der Waals surface area contributed by atoms with Gasteiger partial charge < -0.3 is 0 Å². The van der Waals surface area contributed by atoms with E-state index in [2.05, 4.69) is 131 Å². The summed E-state index contributed by atoms with van der Waals surface area (Å²) in [6.45, 7) is 15.8. The van der Waals surface area contributed by atoms with Crippen molar-refractivity contribution in [1.29, 1.82) is 0 Å². The summed E-state index contributed by atoms with van der Waals surface area (Å²) < 4.78 is 8.46. The molecule has 1 saturated heterocycles. The molecule has 0 radical (unpaired) electrons. The summed E-state index contributed by atoms with van der Waals surface area (Å²) in [7, 11) is 16.1. The first-order chi connectivity index (χ1) is 20.9. The third-order valence-corrected chi connectivity index (χ3v) is 36.1. The zero-order chi connectivity index (χ0) is 31.0. The average molecular weight is 675 g/mol. The summed E-state index contributed by atoms with van der Waals surface area (Å²) in [6, 6.07) is 31.1. The molecule has 2 aliphatic carbocycles. The second kappa shape index (κ2) is 10.7. The summed E-state index contributed by atoms with van der Waals surface area (Å²) in [5.41, 5.74) is 12.5. The third kappa shape index (κ3) is 4.57. The van der Waals surface area contributed by atoms with Crippen LogP contribution in [0.5, 0.6) is 5.75 Å². The monoisotopic (exact) mass is 673 g/mol. The molecule has 7 rings (SSSR count). The Bertz CT molecular complexity index is 1940. The van der Waals surface area contributed by atoms with Gasteiger partial charge in [0.2, 0.25) is 0 Å². The molecular formula is C38H41Cl2NOSiTi. The fourth-order valence-corrected chi connectivity index (χ4v) is 19.9. The van der Waals surface area contributed by atoms with Gasteiger partial charge in [-0.05, 0) is 0 Å². The zero-order valence-electron chi connectivity index (χ0n) is 26.6. The summed E-state index contributed by atoms with van der Waals surface area (Å²) in [6.07, 6.45) is 1.15. The minimum atomic E-state index is -4.87. The first kappa shape index (κ1) is 30.5. The molecule has 0 bridgehead atoms. The number of rotatable bonds is 5. The van der Waals surface area contributed by atoms with Crippen molar-refractivity contribution < 1.29 is 15.6 Å². The van der Waals surface area contributed by atoms with Gasteiger partial charge in [-0.2, -0.15) is 0 Å². The first-order valence-corrected chi connectivity index (χ1v) is 26.4. The maximum atomic E-state index is 8.07. The molecule has 4 aromatic rings. The van der Waals surface area contributed by atoms with Crippen molar-refractivity contribution in [3.8, 4) is 28.0 Å². The topological polar surface area (TPSA) is 12.5 Å². The quantitative estimate of drug-likeness (QED) is 0.195. The van der Waals surface area contributed by atoms with Gasteiger partial charge in [0.1, 0.15) is 0 Å². The molecule has 2 nitrogen and oxygen atoms in total. The van der Waals surface area contributed by atoms with E-state index in [1.54, 1.807) is 0 Å². The number of benzene rings is 4. The van der Waals surface area contributed by atoms with Crippen LogP contribution in [0, 0.1) is 6.92 Å². The van der Waals surface area contributed by atoms with Crippen molar-refractivity contribution in [3.63, 3.8) is 0 Å². The average Bonchev–Trinajstić information content (AvgIpc) is 3.68. The summed E-state index contributed by atoms with van der Waals surface area (Å²) in [5, 5.41) is 0. The standard InChI is InChI=1S/C22H20O.C14H16N.C2H6Si.2ClH.Ti/c1-14-8-11-21(23)18(12-14)15-9-10-17-16-6-4-5-7-19(16)22(2,3)20(17)13-15;1-11-10-12-6-2-3-7-13(12)14(11)15-8-4-5-9-15;1-3-2;;;/h4-13,23H,1-3H3;2-3,6-7,14H,4-5,8-9H2,1H3;1-2H3;2*1H;/q;;;;;+3/p-3. The molecule has 1 fully saturated rings. The van der Waals surface area contributed by atoms with Gasteiger partial charge in [-0.25, -0.2) is 0 Å². The number of nitrogens with zero attached hydrogens (tertiary/aromatic N) is 1. The van der Waals surface area contributed by atoms with E-state index in [1.807, 2.05) is 0 Å². The van der Waals surface area contributed by atoms with Crippen LogP contribution in [0.3, 0.4) is 0 Å². The van der Waals surface area contributed by atoms with Gasteiger partial charge in [0.05, 0.1) is 0 Å². The molecule has 0 saturated carbocycles. The van der Waals surface area contributed by atoms with Crippen molar-refractivity contribution in [3.05, 3.63) is 118 Å². The van der Waals surface area contributed by atoms with Crippen molar-refractivity contribution >= 4 is 28.7 Å². The second-order valence-corrected chi connectivity index (χ2v) is 37.7. The van der Waals surface area contributed by atoms with E-state index in [0.717, 1.165) is 33.8 Å². The number of halogens is 2. The molecular weight excluding hydrogens is 633 g/mol. The molecule has 4 aromatic carbocycles. The van der Waals surface area contributed by atoms with Crippen LogP contribution in [-0.4, -0.2) is 24.2 Å². The van der Waals surface area contributed by atoms with Gasteiger partial charge in [-0.1, -0.05) is 0 Å². The molecule has 226 valence electrons. The van der Waals surface area contributed by atoms with E-state index >= 15 is 0 Å². The predicted octanol–water partition coefficient (Wildman–Crippen LogP) is 11.1. The number of likely N-dealkylation sites (tertiary alicyclic amines) is 1. The van der Waals surface area contributed by atoms with Crippen LogP contribution in [0.2, 0.25) is 13.1 Å². The molecule has 44 heavy (non-hydrogen) atoms. The van der Waals surface area contributed by atoms with E-state index in [1.165, 1.54) is 57.4 Å². The Labute approximate surface area is 272 Å². The SMILES string of the molecule is CC1=[C]([Ti]([Cl])([Cl])([O]c2ccc(C)cc2-c2ccc3c(c2)C(C)(C)c2ccccc2-3)=[Si](C)C)c2ccccc2C1N1CCCC1. The summed E-state index contributed by atoms with van der Waals surface area (Å²) in [5.74, 6) is 0.791. The van der Waals surface area contributed by atoms with E-state index in [9.17, 15) is 0 Å². The molecule has 0 N–H and O–H groups in total. The van der Waals surface area contributed by atoms with Crippen LogP contribution >= 0.6 is 18.6 Å².